The number of piperidine rings is 1. The summed E-state index contributed by atoms with van der Waals surface area (Å²) in [5, 5.41) is 5.93. The van der Waals surface area contributed by atoms with E-state index < -0.39 is 0 Å². The van der Waals surface area contributed by atoms with E-state index in [-0.39, 0.29) is 23.3 Å². The summed E-state index contributed by atoms with van der Waals surface area (Å²) >= 11 is 5.79. The zero-order valence-electron chi connectivity index (χ0n) is 12.8. The van der Waals surface area contributed by atoms with Gasteiger partial charge in [-0.15, -0.1) is 0 Å². The highest BCUT2D eigenvalue weighted by molar-refractivity contribution is 6.32. The van der Waals surface area contributed by atoms with Gasteiger partial charge >= 0.3 is 0 Å². The van der Waals surface area contributed by atoms with Crippen LogP contribution in [-0.4, -0.2) is 53.5 Å². The van der Waals surface area contributed by atoms with Gasteiger partial charge in [0.25, 0.3) is 0 Å². The van der Waals surface area contributed by atoms with Crippen LogP contribution in [0.5, 0.6) is 0 Å². The Labute approximate surface area is 135 Å². The number of nitrogens with two attached hydrogens (primary N) is 1. The summed E-state index contributed by atoms with van der Waals surface area (Å²) in [6.45, 7) is 6.14. The van der Waals surface area contributed by atoms with Crippen molar-refractivity contribution in [1.82, 2.24) is 20.2 Å². The van der Waals surface area contributed by atoms with Crippen molar-refractivity contribution in [3.05, 3.63) is 11.5 Å². The van der Waals surface area contributed by atoms with Crippen LogP contribution in [0.15, 0.2) is 6.33 Å². The largest absolute Gasteiger partial charge is 0.393 e. The number of halogens is 1. The molecule has 8 heteroatoms. The number of carbonyl (C=O) groups excluding carboxylic acids is 1. The van der Waals surface area contributed by atoms with Crippen molar-refractivity contribution in [2.45, 2.75) is 19.8 Å². The molecule has 2 rings (SSSR count). The van der Waals surface area contributed by atoms with Gasteiger partial charge < -0.3 is 21.3 Å². The van der Waals surface area contributed by atoms with Crippen molar-refractivity contribution in [2.75, 3.05) is 43.8 Å². The van der Waals surface area contributed by atoms with E-state index in [1.54, 1.807) is 0 Å². The fourth-order valence-electron chi connectivity index (χ4n) is 2.58. The zero-order chi connectivity index (χ0) is 15.9. The number of anilines is 2. The number of likely N-dealkylation sites (tertiary alicyclic amines) is 1. The molecule has 0 aromatic carbocycles. The van der Waals surface area contributed by atoms with Crippen LogP contribution in [0.1, 0.15) is 19.8 Å². The van der Waals surface area contributed by atoms with Gasteiger partial charge in [0.1, 0.15) is 12.0 Å². The van der Waals surface area contributed by atoms with Gasteiger partial charge in [-0.25, -0.2) is 9.97 Å². The van der Waals surface area contributed by atoms with Crippen LogP contribution in [0.25, 0.3) is 0 Å². The van der Waals surface area contributed by atoms with E-state index in [1.165, 1.54) is 19.2 Å². The lowest BCUT2D eigenvalue weighted by atomic mass is 10.0. The SMILES string of the molecule is CC1CCCN(CCNC(=O)CNc2ncnc(Cl)c2N)C1. The van der Waals surface area contributed by atoms with Crippen molar-refractivity contribution >= 4 is 29.0 Å². The van der Waals surface area contributed by atoms with Crippen LogP contribution >= 0.6 is 11.6 Å². The third-order valence-corrected chi connectivity index (χ3v) is 4.04. The number of nitrogen functional groups attached to an aromatic ring is 1. The highest BCUT2D eigenvalue weighted by atomic mass is 35.5. The molecule has 7 nitrogen and oxygen atoms in total. The van der Waals surface area contributed by atoms with Crippen molar-refractivity contribution < 1.29 is 4.79 Å². The molecule has 1 unspecified atom stereocenters. The van der Waals surface area contributed by atoms with Crippen LogP contribution in [-0.2, 0) is 4.79 Å². The van der Waals surface area contributed by atoms with Crippen molar-refractivity contribution in [1.29, 1.82) is 0 Å². The van der Waals surface area contributed by atoms with E-state index in [2.05, 4.69) is 32.4 Å². The minimum absolute atomic E-state index is 0.0980. The van der Waals surface area contributed by atoms with Gasteiger partial charge in [0, 0.05) is 19.6 Å². The number of amides is 1. The van der Waals surface area contributed by atoms with Gasteiger partial charge in [-0.2, -0.15) is 0 Å². The Morgan fingerprint density at radius 2 is 2.36 bits per heavy atom. The predicted molar refractivity (Wildman–Crippen MR) is 87.8 cm³/mol. The Morgan fingerprint density at radius 1 is 1.55 bits per heavy atom. The third kappa shape index (κ3) is 4.99. The normalized spacial score (nSPS) is 18.9. The first-order chi connectivity index (χ1) is 10.6. The van der Waals surface area contributed by atoms with Crippen molar-refractivity contribution in [3.8, 4) is 0 Å². The van der Waals surface area contributed by atoms with Crippen LogP contribution in [0.4, 0.5) is 11.5 Å². The second-order valence-electron chi connectivity index (χ2n) is 5.68. The topological polar surface area (TPSA) is 96.2 Å². The Balaban J connectivity index is 1.66. The molecule has 2 heterocycles. The molecule has 1 aliphatic heterocycles. The summed E-state index contributed by atoms with van der Waals surface area (Å²) in [5.41, 5.74) is 5.97. The molecule has 122 valence electrons. The van der Waals surface area contributed by atoms with Gasteiger partial charge in [-0.1, -0.05) is 18.5 Å². The maximum atomic E-state index is 11.8. The minimum atomic E-state index is -0.0980. The molecule has 1 aromatic heterocycles. The Bertz CT molecular complexity index is 512. The molecule has 1 atom stereocenters. The van der Waals surface area contributed by atoms with E-state index in [4.69, 9.17) is 17.3 Å². The first kappa shape index (κ1) is 16.8. The smallest absolute Gasteiger partial charge is 0.239 e. The Hall–Kier alpha value is -1.60. The number of carbonyl (C=O) groups is 1. The maximum absolute atomic E-state index is 11.8. The van der Waals surface area contributed by atoms with Crippen LogP contribution < -0.4 is 16.4 Å². The van der Waals surface area contributed by atoms with Crippen LogP contribution in [0.2, 0.25) is 5.15 Å². The van der Waals surface area contributed by atoms with Gasteiger partial charge in [0.05, 0.1) is 6.54 Å². The second kappa shape index (κ2) is 8.14. The summed E-state index contributed by atoms with van der Waals surface area (Å²) < 4.78 is 0. The molecule has 0 saturated carbocycles. The average molecular weight is 327 g/mol. The van der Waals surface area contributed by atoms with Crippen LogP contribution in [0, 0.1) is 5.92 Å². The van der Waals surface area contributed by atoms with Gasteiger partial charge in [-0.3, -0.25) is 4.79 Å². The average Bonchev–Trinajstić information content (AvgIpc) is 2.49. The predicted octanol–water partition coefficient (Wildman–Crippen LogP) is 0.972. The number of aromatic nitrogens is 2. The molecule has 1 saturated heterocycles. The van der Waals surface area contributed by atoms with Gasteiger partial charge in [0.2, 0.25) is 5.91 Å². The molecule has 1 amide bonds. The summed E-state index contributed by atoms with van der Waals surface area (Å²) in [7, 11) is 0. The van der Waals surface area contributed by atoms with Crippen LogP contribution in [0.3, 0.4) is 0 Å². The molecule has 22 heavy (non-hydrogen) atoms. The molecule has 0 spiro atoms. The lowest BCUT2D eigenvalue weighted by Gasteiger charge is -2.30. The fraction of sp³-hybridized carbons (Fsp3) is 0.643. The van der Waals surface area contributed by atoms with E-state index >= 15 is 0 Å². The maximum Gasteiger partial charge on any atom is 0.239 e. The van der Waals surface area contributed by atoms with Gasteiger partial charge in [0.15, 0.2) is 11.0 Å². The Kier molecular flexibility index (Phi) is 6.21. The minimum Gasteiger partial charge on any atom is -0.393 e. The number of hydrogen-bond acceptors (Lipinski definition) is 6. The lowest BCUT2D eigenvalue weighted by molar-refractivity contribution is -0.119. The molecule has 0 aliphatic carbocycles. The standard InChI is InChI=1S/C14H23ClN6O/c1-10-3-2-5-21(8-10)6-4-17-11(22)7-18-14-12(16)13(15)19-9-20-14/h9-10H,2-8,16H2,1H3,(H,17,22)(H,18,19,20). The quantitative estimate of drug-likeness (QED) is 0.674. The van der Waals surface area contributed by atoms with Crippen molar-refractivity contribution in [3.63, 3.8) is 0 Å². The van der Waals surface area contributed by atoms with E-state index in [9.17, 15) is 4.79 Å². The summed E-state index contributed by atoms with van der Waals surface area (Å²) in [4.78, 5) is 21.9. The molecule has 4 N–H and O–H groups in total. The first-order valence-electron chi connectivity index (χ1n) is 7.55. The van der Waals surface area contributed by atoms with Crippen molar-refractivity contribution in [2.24, 2.45) is 5.92 Å². The number of hydrogen-bond donors (Lipinski definition) is 3. The summed E-state index contributed by atoms with van der Waals surface area (Å²) in [5.74, 6) is 1.02. The molecule has 0 bridgehead atoms. The number of rotatable bonds is 6. The molecular weight excluding hydrogens is 304 g/mol. The Morgan fingerprint density at radius 3 is 3.14 bits per heavy atom. The molecular formula is C14H23ClN6O. The summed E-state index contributed by atoms with van der Waals surface area (Å²) in [6.07, 6.45) is 3.84. The third-order valence-electron chi connectivity index (χ3n) is 3.74. The number of nitrogens with zero attached hydrogens (tertiary/aromatic N) is 3. The lowest BCUT2D eigenvalue weighted by Crippen LogP contribution is -2.41. The molecule has 1 aliphatic rings. The zero-order valence-corrected chi connectivity index (χ0v) is 13.6. The molecule has 1 fully saturated rings. The second-order valence-corrected chi connectivity index (χ2v) is 6.04. The fourth-order valence-corrected chi connectivity index (χ4v) is 2.72. The first-order valence-corrected chi connectivity index (χ1v) is 7.93. The van der Waals surface area contributed by atoms with E-state index in [0.29, 0.717) is 12.4 Å². The number of nitrogens with one attached hydrogen (secondary N) is 2. The summed E-state index contributed by atoms with van der Waals surface area (Å²) in [6, 6.07) is 0. The highest BCUT2D eigenvalue weighted by Crippen LogP contribution is 2.21. The molecule has 0 radical (unpaired) electrons. The molecule has 1 aromatic rings. The highest BCUT2D eigenvalue weighted by Gasteiger charge is 2.15. The van der Waals surface area contributed by atoms with E-state index in [1.807, 2.05) is 0 Å². The van der Waals surface area contributed by atoms with E-state index in [0.717, 1.165) is 25.6 Å². The monoisotopic (exact) mass is 326 g/mol. The van der Waals surface area contributed by atoms with Gasteiger partial charge in [-0.05, 0) is 25.3 Å².